The van der Waals surface area contributed by atoms with E-state index in [1.807, 2.05) is 0 Å². The van der Waals surface area contributed by atoms with E-state index >= 15 is 0 Å². The van der Waals surface area contributed by atoms with Gasteiger partial charge in [-0.25, -0.2) is 9.97 Å². The van der Waals surface area contributed by atoms with Crippen molar-refractivity contribution in [3.63, 3.8) is 0 Å². The van der Waals surface area contributed by atoms with Gasteiger partial charge in [-0.05, 0) is 6.42 Å². The van der Waals surface area contributed by atoms with Crippen LogP contribution >= 0.6 is 0 Å². The molecule has 1 aromatic heterocycles. The molecule has 1 heterocycles. The first kappa shape index (κ1) is 8.97. The Balaban J connectivity index is 2.16. The molecule has 0 aliphatic heterocycles. The van der Waals surface area contributed by atoms with E-state index in [2.05, 4.69) is 22.2 Å². The van der Waals surface area contributed by atoms with Crippen molar-refractivity contribution >= 4 is 5.69 Å². The zero-order valence-corrected chi connectivity index (χ0v) is 7.45. The van der Waals surface area contributed by atoms with Gasteiger partial charge in [-0.15, -0.1) is 0 Å². The van der Waals surface area contributed by atoms with Crippen LogP contribution in [0.5, 0.6) is 0 Å². The fraction of sp³-hybridized carbons (Fsp3) is 0.556. The van der Waals surface area contributed by atoms with Crippen LogP contribution in [0.15, 0.2) is 18.7 Å². The normalized spacial score (nSPS) is 9.75. The maximum absolute atomic E-state index is 3.91. The van der Waals surface area contributed by atoms with Crippen molar-refractivity contribution in [1.29, 1.82) is 0 Å². The smallest absolute Gasteiger partial charge is 0.115 e. The van der Waals surface area contributed by atoms with Crippen LogP contribution in [-0.2, 0) is 0 Å². The number of unbranched alkanes of at least 4 members (excludes halogenated alkanes) is 2. The minimum absolute atomic E-state index is 1.01. The minimum atomic E-state index is 1.01. The summed E-state index contributed by atoms with van der Waals surface area (Å²) in [5, 5.41) is 3.25. The molecule has 1 N–H and O–H groups in total. The van der Waals surface area contributed by atoms with Crippen LogP contribution < -0.4 is 5.32 Å². The Hall–Kier alpha value is -1.12. The quantitative estimate of drug-likeness (QED) is 0.679. The summed E-state index contributed by atoms with van der Waals surface area (Å²) in [5.41, 5.74) is 1.01. The Bertz CT molecular complexity index is 198. The molecule has 0 bridgehead atoms. The van der Waals surface area contributed by atoms with Gasteiger partial charge in [0.05, 0.1) is 18.1 Å². The predicted molar refractivity (Wildman–Crippen MR) is 50.0 cm³/mol. The maximum atomic E-state index is 3.91. The largest absolute Gasteiger partial charge is 0.383 e. The average molecular weight is 165 g/mol. The summed E-state index contributed by atoms with van der Waals surface area (Å²) in [6, 6.07) is 0. The van der Waals surface area contributed by atoms with Crippen molar-refractivity contribution in [3.8, 4) is 0 Å². The SMILES string of the molecule is CCCCCNc1cncnc1. The first-order valence-corrected chi connectivity index (χ1v) is 4.42. The summed E-state index contributed by atoms with van der Waals surface area (Å²) in [6.45, 7) is 3.22. The maximum Gasteiger partial charge on any atom is 0.115 e. The van der Waals surface area contributed by atoms with E-state index in [9.17, 15) is 0 Å². The van der Waals surface area contributed by atoms with Crippen LogP contribution in [0.3, 0.4) is 0 Å². The van der Waals surface area contributed by atoms with Crippen LogP contribution in [0.1, 0.15) is 26.2 Å². The van der Waals surface area contributed by atoms with E-state index in [-0.39, 0.29) is 0 Å². The Morgan fingerprint density at radius 2 is 2.00 bits per heavy atom. The van der Waals surface area contributed by atoms with Crippen molar-refractivity contribution in [2.45, 2.75) is 26.2 Å². The number of aromatic nitrogens is 2. The zero-order valence-electron chi connectivity index (χ0n) is 7.45. The lowest BCUT2D eigenvalue weighted by Crippen LogP contribution is -2.01. The van der Waals surface area contributed by atoms with E-state index in [1.54, 1.807) is 12.4 Å². The fourth-order valence-corrected chi connectivity index (χ4v) is 0.998. The molecule has 3 heteroatoms. The third-order valence-corrected chi connectivity index (χ3v) is 1.67. The zero-order chi connectivity index (χ0) is 8.65. The third kappa shape index (κ3) is 3.32. The van der Waals surface area contributed by atoms with Gasteiger partial charge in [-0.2, -0.15) is 0 Å². The highest BCUT2D eigenvalue weighted by molar-refractivity contribution is 5.36. The number of rotatable bonds is 5. The van der Waals surface area contributed by atoms with Crippen molar-refractivity contribution in [1.82, 2.24) is 9.97 Å². The van der Waals surface area contributed by atoms with Crippen molar-refractivity contribution in [2.75, 3.05) is 11.9 Å². The predicted octanol–water partition coefficient (Wildman–Crippen LogP) is 2.08. The molecule has 3 nitrogen and oxygen atoms in total. The van der Waals surface area contributed by atoms with Crippen molar-refractivity contribution in [2.24, 2.45) is 0 Å². The molecule has 66 valence electrons. The molecule has 0 amide bonds. The van der Waals surface area contributed by atoms with Crippen LogP contribution in [0.2, 0.25) is 0 Å². The molecular formula is C9H15N3. The Labute approximate surface area is 73.2 Å². The topological polar surface area (TPSA) is 37.8 Å². The number of hydrogen-bond acceptors (Lipinski definition) is 3. The van der Waals surface area contributed by atoms with Crippen LogP contribution in [0.4, 0.5) is 5.69 Å². The van der Waals surface area contributed by atoms with Gasteiger partial charge in [0.1, 0.15) is 6.33 Å². The fourth-order valence-electron chi connectivity index (χ4n) is 0.998. The summed E-state index contributed by atoms with van der Waals surface area (Å²) in [6.07, 6.45) is 8.87. The summed E-state index contributed by atoms with van der Waals surface area (Å²) in [7, 11) is 0. The number of nitrogens with zero attached hydrogens (tertiary/aromatic N) is 2. The first-order chi connectivity index (χ1) is 5.93. The molecule has 0 aliphatic rings. The van der Waals surface area contributed by atoms with E-state index < -0.39 is 0 Å². The molecule has 1 aromatic rings. The van der Waals surface area contributed by atoms with Gasteiger partial charge in [-0.1, -0.05) is 19.8 Å². The standard InChI is InChI=1S/C9H15N3/c1-2-3-4-5-12-9-6-10-8-11-7-9/h6-8,12H,2-5H2,1H3. The third-order valence-electron chi connectivity index (χ3n) is 1.67. The molecule has 0 fully saturated rings. The Morgan fingerprint density at radius 1 is 1.25 bits per heavy atom. The highest BCUT2D eigenvalue weighted by Gasteiger charge is 1.89. The summed E-state index contributed by atoms with van der Waals surface area (Å²) < 4.78 is 0. The lowest BCUT2D eigenvalue weighted by molar-refractivity contribution is 0.743. The van der Waals surface area contributed by atoms with E-state index in [0.717, 1.165) is 12.2 Å². The molecule has 0 radical (unpaired) electrons. The Morgan fingerprint density at radius 3 is 2.67 bits per heavy atom. The highest BCUT2D eigenvalue weighted by Crippen LogP contribution is 2.01. The van der Waals surface area contributed by atoms with E-state index in [1.165, 1.54) is 25.6 Å². The molecule has 0 aromatic carbocycles. The first-order valence-electron chi connectivity index (χ1n) is 4.42. The van der Waals surface area contributed by atoms with Crippen LogP contribution in [0, 0.1) is 0 Å². The monoisotopic (exact) mass is 165 g/mol. The lowest BCUT2D eigenvalue weighted by Gasteiger charge is -2.03. The minimum Gasteiger partial charge on any atom is -0.383 e. The average Bonchev–Trinajstić information content (AvgIpc) is 2.14. The van der Waals surface area contributed by atoms with Gasteiger partial charge in [-0.3, -0.25) is 0 Å². The summed E-state index contributed by atoms with van der Waals surface area (Å²) in [5.74, 6) is 0. The molecule has 0 unspecified atom stereocenters. The van der Waals surface area contributed by atoms with Gasteiger partial charge < -0.3 is 5.32 Å². The Kier molecular flexibility index (Phi) is 4.13. The molecule has 0 saturated carbocycles. The lowest BCUT2D eigenvalue weighted by atomic mass is 10.2. The van der Waals surface area contributed by atoms with Crippen LogP contribution in [0.25, 0.3) is 0 Å². The van der Waals surface area contributed by atoms with Gasteiger partial charge in [0, 0.05) is 6.54 Å². The van der Waals surface area contributed by atoms with Gasteiger partial charge in [0.15, 0.2) is 0 Å². The number of hydrogen-bond donors (Lipinski definition) is 1. The number of nitrogens with one attached hydrogen (secondary N) is 1. The molecule has 0 atom stereocenters. The van der Waals surface area contributed by atoms with Crippen molar-refractivity contribution in [3.05, 3.63) is 18.7 Å². The second kappa shape index (κ2) is 5.52. The van der Waals surface area contributed by atoms with E-state index in [0.29, 0.717) is 0 Å². The van der Waals surface area contributed by atoms with E-state index in [4.69, 9.17) is 0 Å². The molecule has 1 rings (SSSR count). The summed E-state index contributed by atoms with van der Waals surface area (Å²) >= 11 is 0. The molecule has 12 heavy (non-hydrogen) atoms. The second-order valence-electron chi connectivity index (χ2n) is 2.76. The highest BCUT2D eigenvalue weighted by atomic mass is 14.9. The summed E-state index contributed by atoms with van der Waals surface area (Å²) in [4.78, 5) is 7.82. The molecule has 0 saturated heterocycles. The molecule has 0 spiro atoms. The van der Waals surface area contributed by atoms with Crippen molar-refractivity contribution < 1.29 is 0 Å². The number of anilines is 1. The molecular weight excluding hydrogens is 150 g/mol. The second-order valence-corrected chi connectivity index (χ2v) is 2.76. The van der Waals surface area contributed by atoms with Gasteiger partial charge >= 0.3 is 0 Å². The van der Waals surface area contributed by atoms with Gasteiger partial charge in [0.2, 0.25) is 0 Å². The van der Waals surface area contributed by atoms with Gasteiger partial charge in [0.25, 0.3) is 0 Å². The molecule has 0 aliphatic carbocycles. The van der Waals surface area contributed by atoms with Crippen LogP contribution in [-0.4, -0.2) is 16.5 Å².